The van der Waals surface area contributed by atoms with Crippen molar-refractivity contribution in [1.29, 1.82) is 0 Å². The second-order valence-corrected chi connectivity index (χ2v) is 4.55. The summed E-state index contributed by atoms with van der Waals surface area (Å²) in [7, 11) is 5.35. The maximum Gasteiger partial charge on any atom is 0.273 e. The quantitative estimate of drug-likeness (QED) is 0.899. The van der Waals surface area contributed by atoms with E-state index in [1.165, 1.54) is 10.5 Å². The molecule has 0 radical (unpaired) electrons. The lowest BCUT2D eigenvalue weighted by atomic mass is 10.2. The molecule has 1 N–H and O–H groups in total. The van der Waals surface area contributed by atoms with Crippen LogP contribution in [0.1, 0.15) is 16.1 Å². The second kappa shape index (κ2) is 5.67. The zero-order valence-electron chi connectivity index (χ0n) is 11.4. The molecule has 19 heavy (non-hydrogen) atoms. The molecule has 1 aromatic heterocycles. The smallest absolute Gasteiger partial charge is 0.273 e. The molecule has 0 saturated heterocycles. The van der Waals surface area contributed by atoms with Crippen molar-refractivity contribution in [2.24, 2.45) is 0 Å². The van der Waals surface area contributed by atoms with Crippen LogP contribution >= 0.6 is 0 Å². The minimum atomic E-state index is -0.0925. The first-order valence-electron chi connectivity index (χ1n) is 6.13. The lowest BCUT2D eigenvalue weighted by Crippen LogP contribution is -2.22. The summed E-state index contributed by atoms with van der Waals surface area (Å²) < 4.78 is 1.72. The van der Waals surface area contributed by atoms with Gasteiger partial charge >= 0.3 is 0 Å². The van der Waals surface area contributed by atoms with Crippen LogP contribution in [0.3, 0.4) is 0 Å². The van der Waals surface area contributed by atoms with Gasteiger partial charge in [-0.1, -0.05) is 12.1 Å². The average Bonchev–Trinajstić information content (AvgIpc) is 2.88. The van der Waals surface area contributed by atoms with Crippen molar-refractivity contribution in [3.05, 3.63) is 47.8 Å². The van der Waals surface area contributed by atoms with E-state index in [2.05, 4.69) is 16.5 Å². The van der Waals surface area contributed by atoms with Crippen molar-refractivity contribution in [3.63, 3.8) is 0 Å². The van der Waals surface area contributed by atoms with Crippen LogP contribution in [0, 0.1) is 0 Å². The van der Waals surface area contributed by atoms with Crippen LogP contribution in [-0.4, -0.2) is 41.7 Å². The molecule has 2 rings (SSSR count). The summed E-state index contributed by atoms with van der Waals surface area (Å²) in [6.45, 7) is 0.804. The molecule has 100 valence electrons. The molecule has 5 heteroatoms. The highest BCUT2D eigenvalue weighted by Gasteiger charge is 2.11. The Balaban J connectivity index is 2.27. The fraction of sp³-hybridized carbons (Fsp3) is 0.286. The fourth-order valence-corrected chi connectivity index (χ4v) is 1.82. The number of carbonyl (C=O) groups excluding carboxylic acids is 1. The summed E-state index contributed by atoms with van der Waals surface area (Å²) in [5, 5.41) is 7.42. The van der Waals surface area contributed by atoms with Gasteiger partial charge in [0.15, 0.2) is 5.69 Å². The lowest BCUT2D eigenvalue weighted by molar-refractivity contribution is 0.0821. The Morgan fingerprint density at radius 1 is 1.37 bits per heavy atom. The van der Waals surface area contributed by atoms with Crippen molar-refractivity contribution in [2.45, 2.75) is 6.54 Å². The highest BCUT2D eigenvalue weighted by atomic mass is 16.2. The van der Waals surface area contributed by atoms with E-state index < -0.39 is 0 Å². The molecule has 0 aliphatic carbocycles. The maximum absolute atomic E-state index is 11.8. The molecule has 1 aromatic carbocycles. The number of amides is 1. The Morgan fingerprint density at radius 2 is 2.16 bits per heavy atom. The third-order valence-corrected chi connectivity index (χ3v) is 2.77. The van der Waals surface area contributed by atoms with Crippen LogP contribution in [0.2, 0.25) is 0 Å². The number of carbonyl (C=O) groups is 1. The molecule has 5 nitrogen and oxygen atoms in total. The van der Waals surface area contributed by atoms with Gasteiger partial charge in [-0.05, 0) is 30.8 Å². The van der Waals surface area contributed by atoms with Gasteiger partial charge in [0.25, 0.3) is 5.91 Å². The molecule has 0 bridgehead atoms. The van der Waals surface area contributed by atoms with Crippen molar-refractivity contribution >= 4 is 5.91 Å². The van der Waals surface area contributed by atoms with Crippen molar-refractivity contribution in [1.82, 2.24) is 20.0 Å². The molecular weight excluding hydrogens is 240 g/mol. The molecule has 0 fully saturated rings. The molecule has 0 unspecified atom stereocenters. The molecule has 2 aromatic rings. The summed E-state index contributed by atoms with van der Waals surface area (Å²) in [5.74, 6) is -0.0925. The molecule has 0 atom stereocenters. The summed E-state index contributed by atoms with van der Waals surface area (Å²) in [6, 6.07) is 9.78. The minimum Gasteiger partial charge on any atom is -0.343 e. The van der Waals surface area contributed by atoms with Crippen molar-refractivity contribution < 1.29 is 4.79 Å². The summed E-state index contributed by atoms with van der Waals surface area (Å²) >= 11 is 0. The number of nitrogens with zero attached hydrogens (tertiary/aromatic N) is 3. The van der Waals surface area contributed by atoms with Gasteiger partial charge in [-0.15, -0.1) is 0 Å². The van der Waals surface area contributed by atoms with Gasteiger partial charge in [-0.2, -0.15) is 5.10 Å². The van der Waals surface area contributed by atoms with Gasteiger partial charge < -0.3 is 10.2 Å². The largest absolute Gasteiger partial charge is 0.343 e. The van der Waals surface area contributed by atoms with Gasteiger partial charge in [-0.3, -0.25) is 4.79 Å². The van der Waals surface area contributed by atoms with E-state index in [0.29, 0.717) is 5.69 Å². The fourth-order valence-electron chi connectivity index (χ4n) is 1.82. The predicted molar refractivity (Wildman–Crippen MR) is 74.3 cm³/mol. The van der Waals surface area contributed by atoms with E-state index in [1.807, 2.05) is 25.2 Å². The first-order valence-corrected chi connectivity index (χ1v) is 6.13. The van der Waals surface area contributed by atoms with Crippen LogP contribution < -0.4 is 5.32 Å². The van der Waals surface area contributed by atoms with Crippen LogP contribution in [0.4, 0.5) is 0 Å². The Hall–Kier alpha value is -2.14. The third-order valence-electron chi connectivity index (χ3n) is 2.77. The second-order valence-electron chi connectivity index (χ2n) is 4.55. The van der Waals surface area contributed by atoms with Gasteiger partial charge in [-0.25, -0.2) is 4.68 Å². The Morgan fingerprint density at radius 3 is 2.84 bits per heavy atom. The zero-order chi connectivity index (χ0) is 13.8. The third kappa shape index (κ3) is 3.00. The zero-order valence-corrected chi connectivity index (χ0v) is 11.4. The normalized spacial score (nSPS) is 10.5. The Bertz CT molecular complexity index is 574. The van der Waals surface area contributed by atoms with E-state index >= 15 is 0 Å². The number of hydrogen-bond donors (Lipinski definition) is 1. The Labute approximate surface area is 112 Å². The Kier molecular flexibility index (Phi) is 3.97. The number of nitrogens with one attached hydrogen (secondary N) is 1. The predicted octanol–water partition coefficient (Wildman–Crippen LogP) is 1.29. The number of rotatable bonds is 4. The van der Waals surface area contributed by atoms with Crippen LogP contribution in [0.5, 0.6) is 0 Å². The van der Waals surface area contributed by atoms with Gasteiger partial charge in [0.05, 0.1) is 5.69 Å². The van der Waals surface area contributed by atoms with Crippen LogP contribution in [0.15, 0.2) is 36.5 Å². The molecular formula is C14H18N4O. The molecule has 0 spiro atoms. The highest BCUT2D eigenvalue weighted by molar-refractivity contribution is 5.91. The number of hydrogen-bond acceptors (Lipinski definition) is 3. The van der Waals surface area contributed by atoms with E-state index in [0.717, 1.165) is 12.2 Å². The van der Waals surface area contributed by atoms with E-state index in [1.54, 1.807) is 31.0 Å². The van der Waals surface area contributed by atoms with E-state index in [4.69, 9.17) is 0 Å². The van der Waals surface area contributed by atoms with Gasteiger partial charge in [0.1, 0.15) is 0 Å². The molecule has 1 heterocycles. The monoisotopic (exact) mass is 258 g/mol. The first-order chi connectivity index (χ1) is 9.11. The number of aromatic nitrogens is 2. The van der Waals surface area contributed by atoms with Crippen molar-refractivity contribution in [2.75, 3.05) is 21.1 Å². The highest BCUT2D eigenvalue weighted by Crippen LogP contribution is 2.11. The number of benzene rings is 1. The molecule has 0 aliphatic rings. The topological polar surface area (TPSA) is 50.2 Å². The maximum atomic E-state index is 11.8. The van der Waals surface area contributed by atoms with Crippen LogP contribution in [0.25, 0.3) is 5.69 Å². The van der Waals surface area contributed by atoms with Crippen LogP contribution in [-0.2, 0) is 6.54 Å². The summed E-state index contributed by atoms with van der Waals surface area (Å²) in [6.07, 6.45) is 1.80. The average molecular weight is 258 g/mol. The van der Waals surface area contributed by atoms with Gasteiger partial charge in [0.2, 0.25) is 0 Å². The summed E-state index contributed by atoms with van der Waals surface area (Å²) in [4.78, 5) is 13.3. The SMILES string of the molecule is CNCc1cccc(-n2ccc(C(=O)N(C)C)n2)c1. The standard InChI is InChI=1S/C14H18N4O/c1-15-10-11-5-4-6-12(9-11)18-8-7-13(16-18)14(19)17(2)3/h4-9,15H,10H2,1-3H3. The first kappa shape index (κ1) is 13.3. The van der Waals surface area contributed by atoms with E-state index in [9.17, 15) is 4.79 Å². The van der Waals surface area contributed by atoms with E-state index in [-0.39, 0.29) is 5.91 Å². The van der Waals surface area contributed by atoms with Gasteiger partial charge in [0, 0.05) is 26.8 Å². The molecule has 0 saturated carbocycles. The molecule has 0 aliphatic heterocycles. The minimum absolute atomic E-state index is 0.0925. The lowest BCUT2D eigenvalue weighted by Gasteiger charge is -2.07. The molecule has 1 amide bonds. The summed E-state index contributed by atoms with van der Waals surface area (Å²) in [5.41, 5.74) is 2.57. The van der Waals surface area contributed by atoms with Crippen molar-refractivity contribution in [3.8, 4) is 5.69 Å².